The summed E-state index contributed by atoms with van der Waals surface area (Å²) in [5, 5.41) is 2.97. The van der Waals surface area contributed by atoms with Crippen LogP contribution in [-0.2, 0) is 0 Å². The summed E-state index contributed by atoms with van der Waals surface area (Å²) in [6, 6.07) is 0. The van der Waals surface area contributed by atoms with Crippen LogP contribution in [0.25, 0.3) is 0 Å². The lowest BCUT2D eigenvalue weighted by Gasteiger charge is -2.41. The van der Waals surface area contributed by atoms with Crippen LogP contribution >= 0.6 is 0 Å². The lowest BCUT2D eigenvalue weighted by molar-refractivity contribution is -0.440. The Bertz CT molecular complexity index is 788. The largest absolute Gasteiger partial charge is 0.460 e. The molecule has 0 heterocycles. The van der Waals surface area contributed by atoms with Crippen LogP contribution < -0.4 is 0 Å². The van der Waals surface area contributed by atoms with Gasteiger partial charge in [0, 0.05) is 32.6 Å². The molecule has 0 saturated heterocycles. The zero-order valence-corrected chi connectivity index (χ0v) is 28.1. The van der Waals surface area contributed by atoms with E-state index in [2.05, 4.69) is 0 Å². The Labute approximate surface area is 272 Å². The minimum atomic E-state index is -7.87. The van der Waals surface area contributed by atoms with Crippen molar-refractivity contribution in [3.05, 3.63) is 0 Å². The van der Waals surface area contributed by atoms with E-state index in [0.717, 1.165) is 89.9 Å². The van der Waals surface area contributed by atoms with Crippen molar-refractivity contribution >= 4 is 0 Å². The summed E-state index contributed by atoms with van der Waals surface area (Å²) in [7, 11) is 0. The zero-order valence-electron chi connectivity index (χ0n) is 28.1. The fraction of sp³-hybridized carbons (Fsp3) is 1.00. The molecule has 0 fully saturated rings. The summed E-state index contributed by atoms with van der Waals surface area (Å²) >= 11 is 0. The van der Waals surface area contributed by atoms with Crippen LogP contribution in [0.15, 0.2) is 0 Å². The van der Waals surface area contributed by atoms with Gasteiger partial charge in [0.1, 0.15) is 0 Å². The van der Waals surface area contributed by atoms with Gasteiger partial charge in [-0.2, -0.15) is 57.1 Å². The number of unbranched alkanes of at least 4 members (excludes halogenated alkanes) is 15. The zero-order chi connectivity index (χ0) is 36.4. The van der Waals surface area contributed by atoms with E-state index in [1.165, 1.54) is 5.01 Å². The van der Waals surface area contributed by atoms with Crippen molar-refractivity contribution in [2.45, 2.75) is 179 Å². The first kappa shape index (κ1) is 46.0. The molecule has 0 aromatic rings. The Hall–Kier alpha value is -0.990. The third kappa shape index (κ3) is 13.7. The van der Waals surface area contributed by atoms with Crippen LogP contribution in [0.1, 0.15) is 143 Å². The molecule has 0 N–H and O–H groups in total. The molecule has 0 spiro atoms. The highest BCUT2D eigenvalue weighted by molar-refractivity contribution is 5.10. The Kier molecular flexibility index (Phi) is 20.8. The van der Waals surface area contributed by atoms with E-state index < -0.39 is 48.8 Å². The minimum absolute atomic E-state index is 0.0537. The number of halogens is 13. The van der Waals surface area contributed by atoms with Gasteiger partial charge in [-0.15, -0.1) is 0 Å². The standard InChI is InChI=1S/C32H55F13N2/c1-4-7-10-13-16-19-23-46(24-20-17-14-11-8-5-2)47(25-21-18-15-12-9-6-3)26-22-27(33,34)28(35,36)29(37,38)30(39,40)31(41,42)32(43,44)45/h4-26H2,1-3H3. The number of nitrogens with zero attached hydrogens (tertiary/aromatic N) is 2. The van der Waals surface area contributed by atoms with Gasteiger partial charge in [-0.05, 0) is 19.3 Å². The fourth-order valence-electron chi connectivity index (χ4n) is 5.24. The van der Waals surface area contributed by atoms with Crippen molar-refractivity contribution < 1.29 is 57.1 Å². The third-order valence-electron chi connectivity index (χ3n) is 8.39. The minimum Gasteiger partial charge on any atom is -0.242 e. The highest BCUT2D eigenvalue weighted by Crippen LogP contribution is 2.60. The normalized spacial score (nSPS) is 14.2. The smallest absolute Gasteiger partial charge is 0.242 e. The average Bonchev–Trinajstić information content (AvgIpc) is 2.98. The molecule has 0 aliphatic carbocycles. The highest BCUT2D eigenvalue weighted by atomic mass is 19.4. The predicted octanol–water partition coefficient (Wildman–Crippen LogP) is 12.7. The van der Waals surface area contributed by atoms with Crippen molar-refractivity contribution in [3.63, 3.8) is 0 Å². The summed E-state index contributed by atoms with van der Waals surface area (Å²) in [4.78, 5) is 0. The van der Waals surface area contributed by atoms with E-state index in [9.17, 15) is 57.1 Å². The van der Waals surface area contributed by atoms with Gasteiger partial charge in [0.05, 0.1) is 0 Å². The molecule has 0 aromatic heterocycles. The fourth-order valence-corrected chi connectivity index (χ4v) is 5.24. The maximum Gasteiger partial charge on any atom is 0.460 e. The molecule has 0 aliphatic rings. The van der Waals surface area contributed by atoms with Crippen molar-refractivity contribution in [3.8, 4) is 0 Å². The maximum atomic E-state index is 14.8. The molecular weight excluding hydrogens is 659 g/mol. The third-order valence-corrected chi connectivity index (χ3v) is 8.39. The van der Waals surface area contributed by atoms with Gasteiger partial charge in [0.2, 0.25) is 0 Å². The summed E-state index contributed by atoms with van der Waals surface area (Å²) in [5.41, 5.74) is 0. The number of rotatable bonds is 29. The Balaban J connectivity index is 6.08. The molecule has 15 heteroatoms. The topological polar surface area (TPSA) is 6.48 Å². The molecule has 47 heavy (non-hydrogen) atoms. The molecule has 0 amide bonds. The molecule has 2 nitrogen and oxygen atoms in total. The maximum absolute atomic E-state index is 14.8. The number of alkyl halides is 13. The molecule has 0 rings (SSSR count). The van der Waals surface area contributed by atoms with E-state index in [0.29, 0.717) is 38.8 Å². The first-order valence-corrected chi connectivity index (χ1v) is 17.1. The molecule has 0 unspecified atom stereocenters. The summed E-state index contributed by atoms with van der Waals surface area (Å²) in [5.74, 6) is -36.6. The molecule has 0 bridgehead atoms. The average molecular weight is 715 g/mol. The van der Waals surface area contributed by atoms with E-state index >= 15 is 0 Å². The SMILES string of the molecule is CCCCCCCCN(CCCCCCCC)N(CCCCCCCC)CCC(F)(F)C(F)(F)C(F)(F)C(F)(F)C(F)(F)C(F)(F)F. The van der Waals surface area contributed by atoms with Gasteiger partial charge in [-0.1, -0.05) is 117 Å². The van der Waals surface area contributed by atoms with Crippen molar-refractivity contribution in [2.75, 3.05) is 26.2 Å². The van der Waals surface area contributed by atoms with Crippen molar-refractivity contribution in [2.24, 2.45) is 0 Å². The van der Waals surface area contributed by atoms with Gasteiger partial charge < -0.3 is 0 Å². The second kappa shape index (κ2) is 21.3. The van der Waals surface area contributed by atoms with Crippen LogP contribution in [0.5, 0.6) is 0 Å². The van der Waals surface area contributed by atoms with E-state index in [-0.39, 0.29) is 6.54 Å². The molecule has 0 aliphatic heterocycles. The summed E-state index contributed by atoms with van der Waals surface area (Å²) < 4.78 is 178. The Morgan fingerprint density at radius 2 is 0.596 bits per heavy atom. The number of hydrogen-bond acceptors (Lipinski definition) is 2. The molecule has 0 saturated carbocycles. The van der Waals surface area contributed by atoms with Gasteiger partial charge in [0.15, 0.2) is 0 Å². The van der Waals surface area contributed by atoms with Crippen LogP contribution in [0.2, 0.25) is 0 Å². The van der Waals surface area contributed by atoms with E-state index in [1.54, 1.807) is 5.01 Å². The van der Waals surface area contributed by atoms with Crippen LogP contribution in [0.4, 0.5) is 57.1 Å². The predicted molar refractivity (Wildman–Crippen MR) is 159 cm³/mol. The first-order chi connectivity index (χ1) is 21.7. The molecular formula is C32H55F13N2. The summed E-state index contributed by atoms with van der Waals surface area (Å²) in [6.45, 7) is 5.76. The van der Waals surface area contributed by atoms with Gasteiger partial charge >= 0.3 is 35.8 Å². The molecule has 0 atom stereocenters. The van der Waals surface area contributed by atoms with Crippen LogP contribution in [0, 0.1) is 0 Å². The first-order valence-electron chi connectivity index (χ1n) is 17.1. The monoisotopic (exact) mass is 714 g/mol. The molecule has 284 valence electrons. The van der Waals surface area contributed by atoms with Crippen LogP contribution in [-0.4, -0.2) is 72.0 Å². The Morgan fingerprint density at radius 1 is 0.319 bits per heavy atom. The second-order valence-corrected chi connectivity index (χ2v) is 12.5. The highest BCUT2D eigenvalue weighted by Gasteiger charge is 2.90. The Morgan fingerprint density at radius 3 is 0.915 bits per heavy atom. The van der Waals surface area contributed by atoms with Gasteiger partial charge in [-0.25, -0.2) is 10.0 Å². The lowest BCUT2D eigenvalue weighted by atomic mass is 9.92. The van der Waals surface area contributed by atoms with Gasteiger partial charge in [-0.3, -0.25) is 0 Å². The van der Waals surface area contributed by atoms with Crippen molar-refractivity contribution in [1.82, 2.24) is 10.0 Å². The van der Waals surface area contributed by atoms with E-state index in [4.69, 9.17) is 0 Å². The molecule has 0 aromatic carbocycles. The summed E-state index contributed by atoms with van der Waals surface area (Å²) in [6.07, 6.45) is 5.64. The lowest BCUT2D eigenvalue weighted by Crippen LogP contribution is -2.70. The number of hydrazine groups is 1. The number of hydrogen-bond donors (Lipinski definition) is 0. The van der Waals surface area contributed by atoms with Crippen molar-refractivity contribution in [1.29, 1.82) is 0 Å². The van der Waals surface area contributed by atoms with Gasteiger partial charge in [0.25, 0.3) is 0 Å². The van der Waals surface area contributed by atoms with Crippen LogP contribution in [0.3, 0.4) is 0 Å². The molecule has 0 radical (unpaired) electrons. The quantitative estimate of drug-likeness (QED) is 0.0432. The van der Waals surface area contributed by atoms with E-state index in [1.807, 2.05) is 20.8 Å². The second-order valence-electron chi connectivity index (χ2n) is 12.5.